The van der Waals surface area contributed by atoms with Crippen LogP contribution in [0.4, 0.5) is 0 Å². The van der Waals surface area contributed by atoms with Gasteiger partial charge in [0.2, 0.25) is 10.0 Å². The molecular weight excluding hydrogens is 382 g/mol. The van der Waals surface area contributed by atoms with Crippen molar-refractivity contribution < 1.29 is 8.42 Å². The lowest BCUT2D eigenvalue weighted by atomic mass is 9.80. The molecule has 1 aliphatic heterocycles. The first-order valence-electron chi connectivity index (χ1n) is 6.50. The van der Waals surface area contributed by atoms with E-state index in [1.165, 1.54) is 11.3 Å². The van der Waals surface area contributed by atoms with Crippen LogP contribution in [0.25, 0.3) is 0 Å². The Bertz CT molecular complexity index is 592. The second-order valence-corrected chi connectivity index (χ2v) is 10.8. The van der Waals surface area contributed by atoms with Crippen LogP contribution < -0.4 is 0 Å². The largest absolute Gasteiger partial charge is 0.245 e. The highest BCUT2D eigenvalue weighted by molar-refractivity contribution is 9.11. The molecule has 1 saturated heterocycles. The van der Waals surface area contributed by atoms with Gasteiger partial charge in [0.15, 0.2) is 0 Å². The van der Waals surface area contributed by atoms with Gasteiger partial charge in [-0.1, -0.05) is 20.8 Å². The fourth-order valence-corrected chi connectivity index (χ4v) is 6.66. The smallest absolute Gasteiger partial charge is 0.207 e. The zero-order valence-corrected chi connectivity index (χ0v) is 15.8. The van der Waals surface area contributed by atoms with E-state index in [-0.39, 0.29) is 5.41 Å². The first-order chi connectivity index (χ1) is 9.16. The third kappa shape index (κ3) is 3.24. The van der Waals surface area contributed by atoms with Gasteiger partial charge in [-0.3, -0.25) is 0 Å². The maximum Gasteiger partial charge on any atom is 0.245 e. The van der Waals surface area contributed by atoms with Gasteiger partial charge in [-0.25, -0.2) is 8.42 Å². The molecule has 0 aliphatic carbocycles. The van der Waals surface area contributed by atoms with Gasteiger partial charge >= 0.3 is 0 Å². The lowest BCUT2D eigenvalue weighted by Crippen LogP contribution is -2.31. The summed E-state index contributed by atoms with van der Waals surface area (Å²) in [4.78, 5) is 1.22. The summed E-state index contributed by atoms with van der Waals surface area (Å²) in [5.74, 6) is 0.742. The van der Waals surface area contributed by atoms with Crippen molar-refractivity contribution in [2.24, 2.45) is 11.3 Å². The van der Waals surface area contributed by atoms with E-state index in [1.807, 2.05) is 0 Å². The molecule has 7 heteroatoms. The van der Waals surface area contributed by atoms with Gasteiger partial charge in [-0.2, -0.15) is 4.31 Å². The van der Waals surface area contributed by atoms with Gasteiger partial charge in [0.05, 0.1) is 9.67 Å². The molecule has 1 aliphatic rings. The Kier molecular flexibility index (Phi) is 4.92. The monoisotopic (exact) mass is 399 g/mol. The summed E-state index contributed by atoms with van der Waals surface area (Å²) in [6.45, 7) is 7.70. The van der Waals surface area contributed by atoms with Crippen molar-refractivity contribution in [3.05, 3.63) is 14.7 Å². The van der Waals surface area contributed by atoms with Crippen molar-refractivity contribution in [1.82, 2.24) is 4.31 Å². The Labute approximate surface area is 138 Å². The number of hydrogen-bond donors (Lipinski definition) is 0. The number of sulfonamides is 1. The number of halogens is 2. The lowest BCUT2D eigenvalue weighted by Gasteiger charge is -2.26. The minimum atomic E-state index is -3.41. The van der Waals surface area contributed by atoms with Crippen molar-refractivity contribution in [2.45, 2.75) is 38.0 Å². The van der Waals surface area contributed by atoms with E-state index in [1.54, 1.807) is 10.4 Å². The summed E-state index contributed by atoms with van der Waals surface area (Å²) < 4.78 is 27.7. The van der Waals surface area contributed by atoms with Gasteiger partial charge in [-0.05, 0) is 39.8 Å². The summed E-state index contributed by atoms with van der Waals surface area (Å²) >= 11 is 10.5. The van der Waals surface area contributed by atoms with E-state index in [2.05, 4.69) is 36.7 Å². The summed E-state index contributed by atoms with van der Waals surface area (Å²) in [7, 11) is -3.41. The second-order valence-electron chi connectivity index (χ2n) is 6.20. The molecule has 1 aromatic heterocycles. The van der Waals surface area contributed by atoms with E-state index in [0.29, 0.717) is 33.6 Å². The maximum absolute atomic E-state index is 12.7. The van der Waals surface area contributed by atoms with Gasteiger partial charge in [0.1, 0.15) is 4.90 Å². The van der Waals surface area contributed by atoms with Crippen LogP contribution in [-0.2, 0) is 15.9 Å². The van der Waals surface area contributed by atoms with Crippen molar-refractivity contribution >= 4 is 48.9 Å². The van der Waals surface area contributed by atoms with Crippen LogP contribution in [0.2, 0.25) is 0 Å². The van der Waals surface area contributed by atoms with Gasteiger partial charge in [-0.15, -0.1) is 22.9 Å². The Morgan fingerprint density at radius 2 is 2.15 bits per heavy atom. The molecule has 0 radical (unpaired) electrons. The zero-order chi connectivity index (χ0) is 15.1. The molecule has 1 fully saturated rings. The number of alkyl halides is 1. The minimum Gasteiger partial charge on any atom is -0.207 e. The molecule has 0 saturated carbocycles. The highest BCUT2D eigenvalue weighted by Gasteiger charge is 2.38. The van der Waals surface area contributed by atoms with Gasteiger partial charge in [0, 0.05) is 18.0 Å². The molecule has 3 nitrogen and oxygen atoms in total. The first kappa shape index (κ1) is 16.7. The summed E-state index contributed by atoms with van der Waals surface area (Å²) in [5, 5.41) is 0. The number of rotatable bonds is 3. The average molecular weight is 401 g/mol. The van der Waals surface area contributed by atoms with E-state index in [9.17, 15) is 8.42 Å². The van der Waals surface area contributed by atoms with Crippen LogP contribution in [0, 0.1) is 11.3 Å². The Morgan fingerprint density at radius 1 is 1.50 bits per heavy atom. The molecule has 0 bridgehead atoms. The summed E-state index contributed by atoms with van der Waals surface area (Å²) in [5.41, 5.74) is 0.136. The highest BCUT2D eigenvalue weighted by Crippen LogP contribution is 2.39. The molecule has 1 aromatic rings. The van der Waals surface area contributed by atoms with Crippen LogP contribution in [0.1, 0.15) is 32.1 Å². The number of hydrogen-bond acceptors (Lipinski definition) is 3. The third-order valence-electron chi connectivity index (χ3n) is 3.83. The van der Waals surface area contributed by atoms with Crippen molar-refractivity contribution in [1.29, 1.82) is 0 Å². The Hall–Kier alpha value is 0.380. The highest BCUT2D eigenvalue weighted by atomic mass is 79.9. The maximum atomic E-state index is 12.7. The molecular formula is C13H19BrClNO2S2. The van der Waals surface area contributed by atoms with E-state index in [0.717, 1.165) is 11.3 Å². The molecule has 0 amide bonds. The molecule has 1 unspecified atom stereocenters. The van der Waals surface area contributed by atoms with E-state index >= 15 is 0 Å². The van der Waals surface area contributed by atoms with Crippen LogP contribution >= 0.6 is 38.9 Å². The van der Waals surface area contributed by atoms with E-state index < -0.39 is 10.0 Å². The minimum absolute atomic E-state index is 0.136. The molecule has 20 heavy (non-hydrogen) atoms. The summed E-state index contributed by atoms with van der Waals surface area (Å²) in [6.07, 6.45) is 0.923. The fourth-order valence-electron chi connectivity index (χ4n) is 2.43. The molecule has 0 spiro atoms. The second kappa shape index (κ2) is 5.88. The Balaban J connectivity index is 2.26. The fraction of sp³-hybridized carbons (Fsp3) is 0.692. The normalized spacial score (nSPS) is 21.6. The first-order valence-corrected chi connectivity index (χ1v) is 10.1. The van der Waals surface area contributed by atoms with Crippen molar-refractivity contribution in [3.63, 3.8) is 0 Å². The topological polar surface area (TPSA) is 37.4 Å². The number of thiophene rings is 1. The van der Waals surface area contributed by atoms with Crippen molar-refractivity contribution in [2.75, 3.05) is 13.1 Å². The SMILES string of the molecule is CC(C)(C)C1CCN(S(=O)(=O)c2cc(CCl)sc2Br)C1. The van der Waals surface area contributed by atoms with Crippen LogP contribution in [0.3, 0.4) is 0 Å². The molecule has 2 heterocycles. The molecule has 114 valence electrons. The van der Waals surface area contributed by atoms with Gasteiger partial charge < -0.3 is 0 Å². The summed E-state index contributed by atoms with van der Waals surface area (Å²) in [6, 6.07) is 1.68. The van der Waals surface area contributed by atoms with Crippen molar-refractivity contribution in [3.8, 4) is 0 Å². The number of nitrogens with zero attached hydrogens (tertiary/aromatic N) is 1. The quantitative estimate of drug-likeness (QED) is 0.709. The molecule has 2 rings (SSSR count). The molecule has 0 aromatic carbocycles. The predicted molar refractivity (Wildman–Crippen MR) is 87.9 cm³/mol. The van der Waals surface area contributed by atoms with Gasteiger partial charge in [0.25, 0.3) is 0 Å². The van der Waals surface area contributed by atoms with E-state index in [4.69, 9.17) is 11.6 Å². The molecule has 1 atom stereocenters. The Morgan fingerprint density at radius 3 is 2.60 bits per heavy atom. The van der Waals surface area contributed by atoms with Crippen LogP contribution in [0.15, 0.2) is 14.7 Å². The average Bonchev–Trinajstić information content (AvgIpc) is 2.94. The zero-order valence-electron chi connectivity index (χ0n) is 11.8. The van der Waals surface area contributed by atoms with Crippen LogP contribution in [0.5, 0.6) is 0 Å². The lowest BCUT2D eigenvalue weighted by molar-refractivity contribution is 0.252. The standard InChI is InChI=1S/C13H19BrClNO2S2/c1-13(2,3)9-4-5-16(8-9)20(17,18)11-6-10(7-15)19-12(11)14/h6,9H,4-5,7-8H2,1-3H3. The predicted octanol–water partition coefficient (Wildman–Crippen LogP) is 4.31. The molecule has 0 N–H and O–H groups in total. The van der Waals surface area contributed by atoms with Crippen LogP contribution in [-0.4, -0.2) is 25.8 Å². The third-order valence-corrected chi connectivity index (χ3v) is 8.40.